The Kier molecular flexibility index (Phi) is 2.54. The van der Waals surface area contributed by atoms with E-state index in [4.69, 9.17) is 34.8 Å². The Morgan fingerprint density at radius 1 is 1.13 bits per heavy atom. The first kappa shape index (κ1) is 10.6. The van der Waals surface area contributed by atoms with Crippen LogP contribution in [-0.2, 0) is 0 Å². The third-order valence-electron chi connectivity index (χ3n) is 1.95. The highest BCUT2D eigenvalue weighted by atomic mass is 35.5. The maximum Gasteiger partial charge on any atom is 0.252 e. The number of nitrogens with one attached hydrogen (secondary N) is 1. The fraction of sp³-hybridized carbons (Fsp3) is 0. The van der Waals surface area contributed by atoms with Gasteiger partial charge in [0.1, 0.15) is 5.75 Å². The highest BCUT2D eigenvalue weighted by molar-refractivity contribution is 6.50. The van der Waals surface area contributed by atoms with E-state index in [2.05, 4.69) is 4.98 Å². The van der Waals surface area contributed by atoms with Crippen LogP contribution in [0.5, 0.6) is 5.75 Å². The van der Waals surface area contributed by atoms with E-state index in [1.54, 1.807) is 0 Å². The molecule has 0 radical (unpaired) electrons. The van der Waals surface area contributed by atoms with E-state index >= 15 is 0 Å². The monoisotopic (exact) mass is 263 g/mol. The first-order valence-corrected chi connectivity index (χ1v) is 5.03. The van der Waals surface area contributed by atoms with E-state index < -0.39 is 5.56 Å². The molecule has 0 bridgehead atoms. The minimum atomic E-state index is -0.458. The van der Waals surface area contributed by atoms with Crippen LogP contribution in [-0.4, -0.2) is 10.1 Å². The topological polar surface area (TPSA) is 53.1 Å². The number of fused-ring (bicyclic) bond motifs is 1. The SMILES string of the molecule is O=c1cc(O)c2cc(Cl)c(Cl)c(Cl)c2[nH]1. The number of aromatic nitrogens is 1. The lowest BCUT2D eigenvalue weighted by Gasteiger charge is -2.05. The highest BCUT2D eigenvalue weighted by Crippen LogP contribution is 2.37. The molecule has 0 aliphatic rings. The summed E-state index contributed by atoms with van der Waals surface area (Å²) in [7, 11) is 0. The molecule has 0 atom stereocenters. The van der Waals surface area contributed by atoms with E-state index in [1.807, 2.05) is 0 Å². The Bertz CT molecular complexity index is 606. The van der Waals surface area contributed by atoms with Crippen LogP contribution in [0.15, 0.2) is 16.9 Å². The van der Waals surface area contributed by atoms with E-state index in [9.17, 15) is 9.90 Å². The average molecular weight is 264 g/mol. The van der Waals surface area contributed by atoms with Gasteiger partial charge in [-0.3, -0.25) is 4.79 Å². The zero-order valence-corrected chi connectivity index (χ0v) is 9.41. The second-order valence-electron chi connectivity index (χ2n) is 2.93. The average Bonchev–Trinajstić information content (AvgIpc) is 2.17. The predicted molar refractivity (Wildman–Crippen MR) is 61.3 cm³/mol. The number of pyridine rings is 1. The summed E-state index contributed by atoms with van der Waals surface area (Å²) in [4.78, 5) is 13.6. The van der Waals surface area contributed by atoms with Crippen LogP contribution in [0.1, 0.15) is 0 Å². The molecule has 1 aromatic carbocycles. The summed E-state index contributed by atoms with van der Waals surface area (Å²) in [6.07, 6.45) is 0. The van der Waals surface area contributed by atoms with Gasteiger partial charge >= 0.3 is 0 Å². The lowest BCUT2D eigenvalue weighted by atomic mass is 10.2. The largest absolute Gasteiger partial charge is 0.507 e. The molecule has 15 heavy (non-hydrogen) atoms. The van der Waals surface area contributed by atoms with Gasteiger partial charge in [-0.2, -0.15) is 0 Å². The molecular weight excluding hydrogens is 260 g/mol. The van der Waals surface area contributed by atoms with Crippen molar-refractivity contribution >= 4 is 45.7 Å². The number of halogens is 3. The van der Waals surface area contributed by atoms with Crippen molar-refractivity contribution in [3.63, 3.8) is 0 Å². The summed E-state index contributed by atoms with van der Waals surface area (Å²) in [5.41, 5.74) is -0.184. The molecule has 1 aromatic heterocycles. The van der Waals surface area contributed by atoms with Gasteiger partial charge in [-0.25, -0.2) is 0 Å². The van der Waals surface area contributed by atoms with E-state index in [0.717, 1.165) is 6.07 Å². The normalized spacial score (nSPS) is 10.9. The Balaban J connectivity index is 3.05. The minimum Gasteiger partial charge on any atom is -0.507 e. The van der Waals surface area contributed by atoms with Crippen molar-refractivity contribution in [1.29, 1.82) is 0 Å². The highest BCUT2D eigenvalue weighted by Gasteiger charge is 2.12. The summed E-state index contributed by atoms with van der Waals surface area (Å²) in [5.74, 6) is -0.186. The molecular formula is C9H4Cl3NO2. The molecule has 78 valence electrons. The molecule has 0 aliphatic heterocycles. The molecule has 0 aliphatic carbocycles. The number of benzene rings is 1. The first-order valence-electron chi connectivity index (χ1n) is 3.90. The second kappa shape index (κ2) is 3.59. The van der Waals surface area contributed by atoms with Crippen molar-refractivity contribution in [2.75, 3.05) is 0 Å². The number of H-pyrrole nitrogens is 1. The van der Waals surface area contributed by atoms with Crippen LogP contribution >= 0.6 is 34.8 Å². The number of aromatic hydroxyl groups is 1. The van der Waals surface area contributed by atoms with Crippen LogP contribution in [0.4, 0.5) is 0 Å². The van der Waals surface area contributed by atoms with Crippen LogP contribution in [0.3, 0.4) is 0 Å². The van der Waals surface area contributed by atoms with E-state index in [0.29, 0.717) is 5.39 Å². The summed E-state index contributed by atoms with van der Waals surface area (Å²) in [6.45, 7) is 0. The zero-order chi connectivity index (χ0) is 11.2. The number of hydrogen-bond donors (Lipinski definition) is 2. The fourth-order valence-electron chi connectivity index (χ4n) is 1.28. The molecule has 2 rings (SSSR count). The van der Waals surface area contributed by atoms with E-state index in [1.165, 1.54) is 6.07 Å². The Labute approximate surface area is 99.2 Å². The Hall–Kier alpha value is -0.900. The lowest BCUT2D eigenvalue weighted by Crippen LogP contribution is -2.03. The summed E-state index contributed by atoms with van der Waals surface area (Å²) >= 11 is 17.5. The number of aromatic amines is 1. The molecule has 3 nitrogen and oxygen atoms in total. The molecule has 0 saturated carbocycles. The maximum absolute atomic E-state index is 11.1. The van der Waals surface area contributed by atoms with Gasteiger partial charge in [0, 0.05) is 11.5 Å². The molecule has 2 aromatic rings. The van der Waals surface area contributed by atoms with E-state index in [-0.39, 0.29) is 26.3 Å². The quantitative estimate of drug-likeness (QED) is 0.718. The van der Waals surface area contributed by atoms with Crippen LogP contribution < -0.4 is 5.56 Å². The van der Waals surface area contributed by atoms with Gasteiger partial charge in [-0.05, 0) is 6.07 Å². The molecule has 0 unspecified atom stereocenters. The summed E-state index contributed by atoms with van der Waals surface area (Å²) in [5, 5.41) is 10.3. The second-order valence-corrected chi connectivity index (χ2v) is 4.09. The van der Waals surface area contributed by atoms with Crippen LogP contribution in [0, 0.1) is 0 Å². The van der Waals surface area contributed by atoms with Crippen LogP contribution in [0.2, 0.25) is 15.1 Å². The van der Waals surface area contributed by atoms with Gasteiger partial charge in [0.15, 0.2) is 0 Å². The fourth-order valence-corrected chi connectivity index (χ4v) is 1.93. The lowest BCUT2D eigenvalue weighted by molar-refractivity contribution is 0.480. The van der Waals surface area contributed by atoms with Crippen LogP contribution in [0.25, 0.3) is 10.9 Å². The maximum atomic E-state index is 11.1. The van der Waals surface area contributed by atoms with Gasteiger partial charge in [0.25, 0.3) is 5.56 Å². The third-order valence-corrected chi connectivity index (χ3v) is 3.22. The third kappa shape index (κ3) is 1.67. The van der Waals surface area contributed by atoms with Crippen molar-refractivity contribution in [1.82, 2.24) is 4.98 Å². The Morgan fingerprint density at radius 3 is 2.47 bits per heavy atom. The molecule has 0 fully saturated rings. The Morgan fingerprint density at radius 2 is 1.80 bits per heavy atom. The first-order chi connectivity index (χ1) is 7.00. The zero-order valence-electron chi connectivity index (χ0n) is 7.14. The van der Waals surface area contributed by atoms with Gasteiger partial charge in [0.2, 0.25) is 0 Å². The minimum absolute atomic E-state index is 0.118. The van der Waals surface area contributed by atoms with Crippen molar-refractivity contribution in [3.8, 4) is 5.75 Å². The molecule has 0 amide bonds. The van der Waals surface area contributed by atoms with Gasteiger partial charge in [-0.1, -0.05) is 34.8 Å². The smallest absolute Gasteiger partial charge is 0.252 e. The van der Waals surface area contributed by atoms with Gasteiger partial charge in [0.05, 0.1) is 20.6 Å². The summed E-state index contributed by atoms with van der Waals surface area (Å²) < 4.78 is 0. The summed E-state index contributed by atoms with van der Waals surface area (Å²) in [6, 6.07) is 2.49. The van der Waals surface area contributed by atoms with Crippen molar-refractivity contribution < 1.29 is 5.11 Å². The van der Waals surface area contributed by atoms with Crippen molar-refractivity contribution in [3.05, 3.63) is 37.6 Å². The standard InChI is InChI=1S/C9H4Cl3NO2/c10-4-1-3-5(14)2-6(15)13-9(3)8(12)7(4)11/h1-2H,(H2,13,14,15). The number of hydrogen-bond acceptors (Lipinski definition) is 2. The molecule has 0 saturated heterocycles. The van der Waals surface area contributed by atoms with Crippen molar-refractivity contribution in [2.45, 2.75) is 0 Å². The molecule has 2 N–H and O–H groups in total. The molecule has 0 spiro atoms. The molecule has 1 heterocycles. The predicted octanol–water partition coefficient (Wildman–Crippen LogP) is 3.19. The number of rotatable bonds is 0. The van der Waals surface area contributed by atoms with Gasteiger partial charge in [-0.15, -0.1) is 0 Å². The van der Waals surface area contributed by atoms with Crippen molar-refractivity contribution in [2.24, 2.45) is 0 Å². The molecule has 6 heteroatoms. The van der Waals surface area contributed by atoms with Gasteiger partial charge < -0.3 is 10.1 Å².